The average molecular weight is 167 g/mol. The van der Waals surface area contributed by atoms with Crippen molar-refractivity contribution < 1.29 is 10.2 Å². The monoisotopic (exact) mass is 167 g/mol. The molecule has 3 heteroatoms. The standard InChI is InChI=1S/C9H13NO2/c1-6(10-2)7-3-4-8(11)9(12)5-7/h3-6,10-12H,1-2H3/t6-/m1/s1. The first kappa shape index (κ1) is 8.87. The minimum Gasteiger partial charge on any atom is -0.504 e. The summed E-state index contributed by atoms with van der Waals surface area (Å²) in [6.07, 6.45) is 0. The van der Waals surface area contributed by atoms with E-state index in [-0.39, 0.29) is 17.5 Å². The van der Waals surface area contributed by atoms with Gasteiger partial charge < -0.3 is 15.5 Å². The van der Waals surface area contributed by atoms with Crippen LogP contribution in [0.3, 0.4) is 0 Å². The number of rotatable bonds is 2. The van der Waals surface area contributed by atoms with Crippen molar-refractivity contribution in [2.24, 2.45) is 0 Å². The molecule has 1 aromatic carbocycles. The van der Waals surface area contributed by atoms with Gasteiger partial charge in [0.05, 0.1) is 0 Å². The Kier molecular flexibility index (Phi) is 2.55. The summed E-state index contributed by atoms with van der Waals surface area (Å²) in [6, 6.07) is 4.99. The van der Waals surface area contributed by atoms with E-state index in [1.54, 1.807) is 12.1 Å². The lowest BCUT2D eigenvalue weighted by molar-refractivity contribution is 0.402. The zero-order chi connectivity index (χ0) is 9.14. The SMILES string of the molecule is CN[C@H](C)c1ccc(O)c(O)c1. The molecule has 0 aromatic heterocycles. The van der Waals surface area contributed by atoms with Crippen molar-refractivity contribution in [2.45, 2.75) is 13.0 Å². The third-order valence-corrected chi connectivity index (χ3v) is 1.93. The molecule has 0 amide bonds. The van der Waals surface area contributed by atoms with E-state index in [4.69, 9.17) is 10.2 Å². The van der Waals surface area contributed by atoms with Gasteiger partial charge in [-0.25, -0.2) is 0 Å². The van der Waals surface area contributed by atoms with Gasteiger partial charge in [-0.05, 0) is 31.7 Å². The third kappa shape index (κ3) is 1.68. The molecule has 0 saturated carbocycles. The molecule has 1 atom stereocenters. The second kappa shape index (κ2) is 3.45. The lowest BCUT2D eigenvalue weighted by atomic mass is 10.1. The fraction of sp³-hybridized carbons (Fsp3) is 0.333. The molecule has 0 fully saturated rings. The molecule has 0 aliphatic rings. The Labute approximate surface area is 71.7 Å². The predicted molar refractivity (Wildman–Crippen MR) is 47.2 cm³/mol. The van der Waals surface area contributed by atoms with Gasteiger partial charge in [0, 0.05) is 6.04 Å². The summed E-state index contributed by atoms with van der Waals surface area (Å²) in [7, 11) is 1.84. The molecule has 1 rings (SSSR count). The highest BCUT2D eigenvalue weighted by molar-refractivity contribution is 5.41. The first-order chi connectivity index (χ1) is 5.65. The fourth-order valence-electron chi connectivity index (χ4n) is 0.976. The Morgan fingerprint density at radius 1 is 1.25 bits per heavy atom. The molecule has 0 aliphatic carbocycles. The first-order valence-corrected chi connectivity index (χ1v) is 3.84. The predicted octanol–water partition coefficient (Wildman–Crippen LogP) is 1.38. The fourth-order valence-corrected chi connectivity index (χ4v) is 0.976. The van der Waals surface area contributed by atoms with Crippen molar-refractivity contribution in [1.82, 2.24) is 5.32 Å². The van der Waals surface area contributed by atoms with Crippen molar-refractivity contribution >= 4 is 0 Å². The Balaban J connectivity index is 2.96. The summed E-state index contributed by atoms with van der Waals surface area (Å²) in [5.41, 5.74) is 0.952. The largest absolute Gasteiger partial charge is 0.504 e. The molecular formula is C9H13NO2. The van der Waals surface area contributed by atoms with E-state index in [0.29, 0.717) is 0 Å². The maximum Gasteiger partial charge on any atom is 0.157 e. The summed E-state index contributed by atoms with van der Waals surface area (Å²) in [5, 5.41) is 21.2. The summed E-state index contributed by atoms with van der Waals surface area (Å²) < 4.78 is 0. The van der Waals surface area contributed by atoms with E-state index in [1.807, 2.05) is 14.0 Å². The van der Waals surface area contributed by atoms with Gasteiger partial charge in [-0.3, -0.25) is 0 Å². The van der Waals surface area contributed by atoms with Crippen molar-refractivity contribution in [2.75, 3.05) is 7.05 Å². The molecule has 0 unspecified atom stereocenters. The molecule has 3 nitrogen and oxygen atoms in total. The minimum atomic E-state index is -0.0814. The second-order valence-corrected chi connectivity index (χ2v) is 2.76. The number of nitrogens with one attached hydrogen (secondary N) is 1. The van der Waals surface area contributed by atoms with Gasteiger partial charge in [-0.2, -0.15) is 0 Å². The van der Waals surface area contributed by atoms with Gasteiger partial charge in [-0.1, -0.05) is 6.07 Å². The van der Waals surface area contributed by atoms with E-state index in [1.165, 1.54) is 6.07 Å². The van der Waals surface area contributed by atoms with Crippen LogP contribution in [0.4, 0.5) is 0 Å². The van der Waals surface area contributed by atoms with Crippen molar-refractivity contribution in [1.29, 1.82) is 0 Å². The Hall–Kier alpha value is -1.22. The van der Waals surface area contributed by atoms with Crippen molar-refractivity contribution in [3.8, 4) is 11.5 Å². The molecule has 0 spiro atoms. The highest BCUT2D eigenvalue weighted by atomic mass is 16.3. The molecule has 1 aromatic rings. The van der Waals surface area contributed by atoms with E-state index in [2.05, 4.69) is 5.32 Å². The van der Waals surface area contributed by atoms with E-state index in [0.717, 1.165) is 5.56 Å². The summed E-state index contributed by atoms with van der Waals surface area (Å²) in [6.45, 7) is 1.98. The van der Waals surface area contributed by atoms with Gasteiger partial charge in [0.2, 0.25) is 0 Å². The summed E-state index contributed by atoms with van der Waals surface area (Å²) in [5.74, 6) is -0.156. The van der Waals surface area contributed by atoms with Crippen LogP contribution >= 0.6 is 0 Å². The number of hydrogen-bond donors (Lipinski definition) is 3. The number of phenolic OH excluding ortho intramolecular Hbond substituents is 2. The number of phenols is 2. The highest BCUT2D eigenvalue weighted by Crippen LogP contribution is 2.27. The first-order valence-electron chi connectivity index (χ1n) is 3.84. The molecule has 66 valence electrons. The molecule has 0 bridgehead atoms. The maximum atomic E-state index is 9.17. The molecule has 12 heavy (non-hydrogen) atoms. The van der Waals surface area contributed by atoms with Gasteiger partial charge in [-0.15, -0.1) is 0 Å². The average Bonchev–Trinajstić information content (AvgIpc) is 2.08. The summed E-state index contributed by atoms with van der Waals surface area (Å²) in [4.78, 5) is 0. The van der Waals surface area contributed by atoms with E-state index in [9.17, 15) is 0 Å². The quantitative estimate of drug-likeness (QED) is 0.583. The van der Waals surface area contributed by atoms with Gasteiger partial charge in [0.15, 0.2) is 11.5 Å². The molecule has 3 N–H and O–H groups in total. The van der Waals surface area contributed by atoms with Crippen LogP contribution in [0, 0.1) is 0 Å². The number of hydrogen-bond acceptors (Lipinski definition) is 3. The van der Waals surface area contributed by atoms with Crippen LogP contribution < -0.4 is 5.32 Å². The van der Waals surface area contributed by atoms with Gasteiger partial charge in [0.25, 0.3) is 0 Å². The smallest absolute Gasteiger partial charge is 0.157 e. The molecule has 0 radical (unpaired) electrons. The van der Waals surface area contributed by atoms with Gasteiger partial charge >= 0.3 is 0 Å². The van der Waals surface area contributed by atoms with Crippen LogP contribution in [0.15, 0.2) is 18.2 Å². The van der Waals surface area contributed by atoms with E-state index >= 15 is 0 Å². The lowest BCUT2D eigenvalue weighted by Crippen LogP contribution is -2.11. The second-order valence-electron chi connectivity index (χ2n) is 2.76. The zero-order valence-corrected chi connectivity index (χ0v) is 7.20. The van der Waals surface area contributed by atoms with Crippen LogP contribution in [-0.4, -0.2) is 17.3 Å². The van der Waals surface area contributed by atoms with Crippen LogP contribution in [0.25, 0.3) is 0 Å². The number of aromatic hydroxyl groups is 2. The summed E-state index contributed by atoms with van der Waals surface area (Å²) >= 11 is 0. The third-order valence-electron chi connectivity index (χ3n) is 1.93. The topological polar surface area (TPSA) is 52.5 Å². The normalized spacial score (nSPS) is 12.8. The zero-order valence-electron chi connectivity index (χ0n) is 7.20. The maximum absolute atomic E-state index is 9.17. The molecular weight excluding hydrogens is 154 g/mol. The van der Waals surface area contributed by atoms with Crippen LogP contribution in [0.5, 0.6) is 11.5 Å². The van der Waals surface area contributed by atoms with Crippen LogP contribution in [0.1, 0.15) is 18.5 Å². The van der Waals surface area contributed by atoms with E-state index < -0.39 is 0 Å². The Morgan fingerprint density at radius 3 is 2.42 bits per heavy atom. The Bertz CT molecular complexity index is 273. The molecule has 0 aliphatic heterocycles. The Morgan fingerprint density at radius 2 is 1.92 bits per heavy atom. The van der Waals surface area contributed by atoms with Crippen molar-refractivity contribution in [3.05, 3.63) is 23.8 Å². The highest BCUT2D eigenvalue weighted by Gasteiger charge is 2.05. The lowest BCUT2D eigenvalue weighted by Gasteiger charge is -2.10. The van der Waals surface area contributed by atoms with Crippen LogP contribution in [-0.2, 0) is 0 Å². The van der Waals surface area contributed by atoms with Crippen molar-refractivity contribution in [3.63, 3.8) is 0 Å². The van der Waals surface area contributed by atoms with Gasteiger partial charge in [0.1, 0.15) is 0 Å². The minimum absolute atomic E-state index is 0.0744. The molecule has 0 heterocycles. The van der Waals surface area contributed by atoms with Crippen LogP contribution in [0.2, 0.25) is 0 Å². The number of benzene rings is 1. The molecule has 0 saturated heterocycles.